The van der Waals surface area contributed by atoms with E-state index in [2.05, 4.69) is 0 Å². The summed E-state index contributed by atoms with van der Waals surface area (Å²) in [6.45, 7) is 0.0785. The molecule has 0 aliphatic carbocycles. The molecule has 0 bridgehead atoms. The van der Waals surface area contributed by atoms with E-state index in [4.69, 9.17) is 9.84 Å². The number of carbonyl (C=O) groups is 2. The first-order chi connectivity index (χ1) is 7.20. The first-order valence-electron chi connectivity index (χ1n) is 4.44. The topological polar surface area (TPSA) is 66.8 Å². The molecule has 2 rings (SSSR count). The van der Waals surface area contributed by atoms with Crippen molar-refractivity contribution >= 4 is 12.2 Å². The van der Waals surface area contributed by atoms with Gasteiger partial charge in [-0.2, -0.15) is 0 Å². The van der Waals surface area contributed by atoms with E-state index in [9.17, 15) is 9.59 Å². The summed E-state index contributed by atoms with van der Waals surface area (Å²) in [4.78, 5) is 22.6. The molecular weight excluding hydrogens is 198 g/mol. The molecule has 1 atom stereocenters. The molecule has 1 N–H and O–H groups in total. The van der Waals surface area contributed by atoms with E-state index in [1.54, 1.807) is 24.3 Å². The van der Waals surface area contributed by atoms with Gasteiger partial charge in [0.05, 0.1) is 0 Å². The number of rotatable bonds is 1. The lowest BCUT2D eigenvalue weighted by molar-refractivity contribution is 0.135. The van der Waals surface area contributed by atoms with Crippen molar-refractivity contribution in [1.29, 1.82) is 0 Å². The Morgan fingerprint density at radius 2 is 2.07 bits per heavy atom. The monoisotopic (exact) mass is 207 g/mol. The Labute approximate surface area is 85.9 Å². The number of hydrogen-bond acceptors (Lipinski definition) is 3. The molecule has 5 nitrogen and oxygen atoms in total. The molecule has 0 saturated carbocycles. The van der Waals surface area contributed by atoms with Crippen molar-refractivity contribution in [3.05, 3.63) is 35.9 Å². The molecule has 5 heteroatoms. The number of amides is 2. The van der Waals surface area contributed by atoms with Crippen molar-refractivity contribution < 1.29 is 19.4 Å². The van der Waals surface area contributed by atoms with Crippen LogP contribution in [0.4, 0.5) is 9.59 Å². The van der Waals surface area contributed by atoms with Crippen LogP contribution in [0.2, 0.25) is 0 Å². The summed E-state index contributed by atoms with van der Waals surface area (Å²) in [6.07, 6.45) is -2.09. The molecule has 0 radical (unpaired) electrons. The Hall–Kier alpha value is -2.04. The van der Waals surface area contributed by atoms with E-state index in [0.29, 0.717) is 4.90 Å². The second kappa shape index (κ2) is 3.61. The number of carbonyl (C=O) groups excluding carboxylic acids is 1. The summed E-state index contributed by atoms with van der Waals surface area (Å²) in [5, 5.41) is 8.84. The van der Waals surface area contributed by atoms with Gasteiger partial charge in [-0.15, -0.1) is 0 Å². The molecule has 1 aromatic rings. The van der Waals surface area contributed by atoms with Gasteiger partial charge >= 0.3 is 12.2 Å². The van der Waals surface area contributed by atoms with Gasteiger partial charge < -0.3 is 9.84 Å². The fourth-order valence-electron chi connectivity index (χ4n) is 1.55. The number of ether oxygens (including phenoxy) is 1. The lowest BCUT2D eigenvalue weighted by atomic mass is 10.1. The molecule has 1 aliphatic rings. The third kappa shape index (κ3) is 1.63. The molecule has 0 unspecified atom stereocenters. The molecule has 15 heavy (non-hydrogen) atoms. The maximum atomic E-state index is 11.1. The van der Waals surface area contributed by atoms with Crippen LogP contribution in [-0.2, 0) is 4.74 Å². The van der Waals surface area contributed by atoms with Gasteiger partial charge in [-0.25, -0.2) is 14.5 Å². The second-order valence-electron chi connectivity index (χ2n) is 3.16. The maximum absolute atomic E-state index is 11.1. The summed E-state index contributed by atoms with van der Waals surface area (Å²) in [5.41, 5.74) is 0.755. The zero-order valence-electron chi connectivity index (χ0n) is 7.79. The van der Waals surface area contributed by atoms with Gasteiger partial charge in [-0.1, -0.05) is 30.3 Å². The summed E-state index contributed by atoms with van der Waals surface area (Å²) < 4.78 is 4.70. The summed E-state index contributed by atoms with van der Waals surface area (Å²) in [7, 11) is 0. The van der Waals surface area contributed by atoms with Crippen LogP contribution >= 0.6 is 0 Å². The molecule has 1 aliphatic heterocycles. The molecule has 78 valence electrons. The molecule has 0 aromatic heterocycles. The standard InChI is InChI=1S/C10H9NO4/c12-9(13)11-8(6-15-10(11)14)7-4-2-1-3-5-7/h1-5,8H,6H2,(H,12,13)/t8-/m0/s1. The summed E-state index contributed by atoms with van der Waals surface area (Å²) in [5.74, 6) is 0. The SMILES string of the molecule is O=C(O)N1C(=O)OC[C@H]1c1ccccc1. The third-order valence-corrected chi connectivity index (χ3v) is 2.26. The van der Waals surface area contributed by atoms with Gasteiger partial charge in [0, 0.05) is 0 Å². The highest BCUT2D eigenvalue weighted by Gasteiger charge is 2.38. The van der Waals surface area contributed by atoms with Crippen LogP contribution in [0, 0.1) is 0 Å². The fourth-order valence-corrected chi connectivity index (χ4v) is 1.55. The van der Waals surface area contributed by atoms with Gasteiger partial charge in [0.15, 0.2) is 0 Å². The van der Waals surface area contributed by atoms with Crippen LogP contribution in [-0.4, -0.2) is 28.8 Å². The number of cyclic esters (lactones) is 1. The Bertz CT molecular complexity index is 390. The zero-order chi connectivity index (χ0) is 10.8. The second-order valence-corrected chi connectivity index (χ2v) is 3.16. The minimum Gasteiger partial charge on any atom is -0.465 e. The van der Waals surface area contributed by atoms with Crippen LogP contribution in [0.1, 0.15) is 11.6 Å². The first kappa shape index (κ1) is 9.51. The predicted octanol–water partition coefficient (Wildman–Crippen LogP) is 1.86. The van der Waals surface area contributed by atoms with Crippen molar-refractivity contribution in [3.63, 3.8) is 0 Å². The Kier molecular flexibility index (Phi) is 2.29. The largest absolute Gasteiger partial charge is 0.465 e. The van der Waals surface area contributed by atoms with E-state index in [-0.39, 0.29) is 6.61 Å². The predicted molar refractivity (Wildman–Crippen MR) is 50.4 cm³/mol. The number of hydrogen-bond donors (Lipinski definition) is 1. The molecule has 1 saturated heterocycles. The van der Waals surface area contributed by atoms with Gasteiger partial charge in [-0.3, -0.25) is 0 Å². The summed E-state index contributed by atoms with van der Waals surface area (Å²) >= 11 is 0. The third-order valence-electron chi connectivity index (χ3n) is 2.26. The average molecular weight is 207 g/mol. The van der Waals surface area contributed by atoms with Crippen LogP contribution in [0.15, 0.2) is 30.3 Å². The van der Waals surface area contributed by atoms with Gasteiger partial charge in [0.25, 0.3) is 0 Å². The van der Waals surface area contributed by atoms with E-state index in [0.717, 1.165) is 5.56 Å². The maximum Gasteiger partial charge on any atom is 0.420 e. The quantitative estimate of drug-likeness (QED) is 0.763. The van der Waals surface area contributed by atoms with Gasteiger partial charge in [0.2, 0.25) is 0 Å². The molecule has 1 aromatic carbocycles. The van der Waals surface area contributed by atoms with Crippen molar-refractivity contribution in [3.8, 4) is 0 Å². The van der Waals surface area contributed by atoms with Crippen molar-refractivity contribution in [1.82, 2.24) is 4.90 Å². The number of nitrogens with zero attached hydrogens (tertiary/aromatic N) is 1. The average Bonchev–Trinajstić information content (AvgIpc) is 2.61. The molecule has 1 heterocycles. The zero-order valence-corrected chi connectivity index (χ0v) is 7.79. The van der Waals surface area contributed by atoms with Crippen molar-refractivity contribution in [2.24, 2.45) is 0 Å². The number of imide groups is 1. The van der Waals surface area contributed by atoms with E-state index in [1.807, 2.05) is 6.07 Å². The molecule has 2 amide bonds. The molecular formula is C10H9NO4. The van der Waals surface area contributed by atoms with E-state index >= 15 is 0 Å². The Morgan fingerprint density at radius 3 is 2.67 bits per heavy atom. The van der Waals surface area contributed by atoms with Gasteiger partial charge in [0.1, 0.15) is 12.6 Å². The molecule has 0 spiro atoms. The van der Waals surface area contributed by atoms with E-state index in [1.165, 1.54) is 0 Å². The van der Waals surface area contributed by atoms with Crippen LogP contribution < -0.4 is 0 Å². The highest BCUT2D eigenvalue weighted by Crippen LogP contribution is 2.27. The highest BCUT2D eigenvalue weighted by atomic mass is 16.6. The number of carboxylic acid groups (broad SMARTS) is 1. The van der Waals surface area contributed by atoms with Crippen LogP contribution in [0.3, 0.4) is 0 Å². The van der Waals surface area contributed by atoms with Crippen molar-refractivity contribution in [2.75, 3.05) is 6.61 Å². The lowest BCUT2D eigenvalue weighted by Gasteiger charge is -2.15. The smallest absolute Gasteiger partial charge is 0.420 e. The Morgan fingerprint density at radius 1 is 1.40 bits per heavy atom. The van der Waals surface area contributed by atoms with E-state index < -0.39 is 18.2 Å². The summed E-state index contributed by atoms with van der Waals surface area (Å²) in [6, 6.07) is 8.41. The molecule has 1 fully saturated rings. The van der Waals surface area contributed by atoms with Crippen LogP contribution in [0.5, 0.6) is 0 Å². The van der Waals surface area contributed by atoms with Gasteiger partial charge in [-0.05, 0) is 5.56 Å². The number of benzene rings is 1. The first-order valence-corrected chi connectivity index (χ1v) is 4.44. The lowest BCUT2D eigenvalue weighted by Crippen LogP contribution is -2.32. The fraction of sp³-hybridized carbons (Fsp3) is 0.200. The van der Waals surface area contributed by atoms with Crippen molar-refractivity contribution in [2.45, 2.75) is 6.04 Å². The highest BCUT2D eigenvalue weighted by molar-refractivity contribution is 5.88. The van der Waals surface area contributed by atoms with Crippen LogP contribution in [0.25, 0.3) is 0 Å². The Balaban J connectivity index is 2.30. The minimum atomic E-state index is -1.29. The minimum absolute atomic E-state index is 0.0785. The normalized spacial score (nSPS) is 20.1.